The first kappa shape index (κ1) is 14.7. The first-order valence-corrected chi connectivity index (χ1v) is 9.45. The van der Waals surface area contributed by atoms with Gasteiger partial charge in [-0.25, -0.2) is 8.78 Å². The Morgan fingerprint density at radius 3 is 2.22 bits per heavy atom. The molecule has 0 heterocycles. The quantitative estimate of drug-likeness (QED) is 0.433. The van der Waals surface area contributed by atoms with E-state index in [0.717, 1.165) is 0 Å². The van der Waals surface area contributed by atoms with Gasteiger partial charge in [-0.2, -0.15) is 0 Å². The molecular formula is C15H18F2Si. The standard InChI is InChI=1S/C15H18F2Si/c1-5-6-7-12-10-14(16)13(15(17)11-12)8-9-18(2,3)4/h5,10-11H,1,6-7H2,2-4H3. The fourth-order valence-electron chi connectivity index (χ4n) is 1.41. The van der Waals surface area contributed by atoms with Gasteiger partial charge in [0.25, 0.3) is 0 Å². The van der Waals surface area contributed by atoms with Gasteiger partial charge in [0, 0.05) is 0 Å². The minimum atomic E-state index is -1.63. The summed E-state index contributed by atoms with van der Waals surface area (Å²) in [6, 6.07) is 2.72. The van der Waals surface area contributed by atoms with Crippen LogP contribution in [-0.2, 0) is 6.42 Å². The lowest BCUT2D eigenvalue weighted by atomic mass is 10.1. The van der Waals surface area contributed by atoms with Crippen LogP contribution in [0.15, 0.2) is 24.8 Å². The molecule has 0 radical (unpaired) electrons. The van der Waals surface area contributed by atoms with Crippen LogP contribution in [0.3, 0.4) is 0 Å². The van der Waals surface area contributed by atoms with E-state index < -0.39 is 19.7 Å². The zero-order valence-corrected chi connectivity index (χ0v) is 12.1. The fourth-order valence-corrected chi connectivity index (χ4v) is 1.91. The summed E-state index contributed by atoms with van der Waals surface area (Å²) in [5.41, 5.74) is 3.51. The van der Waals surface area contributed by atoms with Crippen LogP contribution in [0.4, 0.5) is 8.78 Å². The lowest BCUT2D eigenvalue weighted by molar-refractivity contribution is 0.574. The van der Waals surface area contributed by atoms with Crippen molar-refractivity contribution in [1.29, 1.82) is 0 Å². The van der Waals surface area contributed by atoms with Crippen LogP contribution in [0.2, 0.25) is 19.6 Å². The molecule has 3 heteroatoms. The maximum absolute atomic E-state index is 13.8. The Labute approximate surface area is 109 Å². The summed E-state index contributed by atoms with van der Waals surface area (Å²) in [6.45, 7) is 9.70. The molecule has 0 N–H and O–H groups in total. The molecule has 0 amide bonds. The van der Waals surface area contributed by atoms with Gasteiger partial charge in [-0.3, -0.25) is 0 Å². The van der Waals surface area contributed by atoms with Crippen molar-refractivity contribution in [1.82, 2.24) is 0 Å². The van der Waals surface area contributed by atoms with E-state index >= 15 is 0 Å². The predicted octanol–water partition coefficient (Wildman–Crippen LogP) is 4.31. The van der Waals surface area contributed by atoms with Crippen molar-refractivity contribution in [3.8, 4) is 11.5 Å². The summed E-state index contributed by atoms with van der Waals surface area (Å²) >= 11 is 0. The summed E-state index contributed by atoms with van der Waals surface area (Å²) in [5, 5.41) is 0. The van der Waals surface area contributed by atoms with Gasteiger partial charge in [0.05, 0.1) is 5.56 Å². The van der Waals surface area contributed by atoms with E-state index in [4.69, 9.17) is 0 Å². The number of hydrogen-bond acceptors (Lipinski definition) is 0. The molecule has 0 atom stereocenters. The SMILES string of the molecule is C=CCCc1cc(F)c(C#C[Si](C)(C)C)c(F)c1. The highest BCUT2D eigenvalue weighted by molar-refractivity contribution is 6.83. The number of rotatable bonds is 3. The molecule has 18 heavy (non-hydrogen) atoms. The second kappa shape index (κ2) is 5.97. The van der Waals surface area contributed by atoms with Crippen LogP contribution in [0.1, 0.15) is 17.5 Å². The lowest BCUT2D eigenvalue weighted by Crippen LogP contribution is -2.16. The van der Waals surface area contributed by atoms with E-state index in [1.54, 1.807) is 6.08 Å². The van der Waals surface area contributed by atoms with E-state index in [9.17, 15) is 8.78 Å². The first-order valence-electron chi connectivity index (χ1n) is 5.95. The molecule has 0 bridgehead atoms. The summed E-state index contributed by atoms with van der Waals surface area (Å²) in [4.78, 5) is 0. The van der Waals surface area contributed by atoms with Crippen molar-refractivity contribution in [3.63, 3.8) is 0 Å². The first-order chi connectivity index (χ1) is 8.33. The smallest absolute Gasteiger partial charge is 0.142 e. The normalized spacial score (nSPS) is 10.7. The summed E-state index contributed by atoms with van der Waals surface area (Å²) in [7, 11) is -1.63. The Balaban J connectivity index is 3.07. The van der Waals surface area contributed by atoms with Crippen molar-refractivity contribution >= 4 is 8.07 Å². The van der Waals surface area contributed by atoms with Gasteiger partial charge in [0.2, 0.25) is 0 Å². The monoisotopic (exact) mass is 264 g/mol. The second-order valence-corrected chi connectivity index (χ2v) is 10.0. The van der Waals surface area contributed by atoms with Gasteiger partial charge in [-0.1, -0.05) is 31.6 Å². The Bertz CT molecular complexity index is 478. The molecular weight excluding hydrogens is 246 g/mol. The zero-order valence-electron chi connectivity index (χ0n) is 11.1. The molecule has 0 spiro atoms. The molecule has 1 aromatic carbocycles. The molecule has 0 aliphatic carbocycles. The van der Waals surface area contributed by atoms with Gasteiger partial charge < -0.3 is 0 Å². The maximum Gasteiger partial charge on any atom is 0.142 e. The van der Waals surface area contributed by atoms with Crippen LogP contribution in [0.25, 0.3) is 0 Å². The van der Waals surface area contributed by atoms with Gasteiger partial charge >= 0.3 is 0 Å². The van der Waals surface area contributed by atoms with Crippen LogP contribution < -0.4 is 0 Å². The van der Waals surface area contributed by atoms with Crippen molar-refractivity contribution < 1.29 is 8.78 Å². The van der Waals surface area contributed by atoms with E-state index in [1.165, 1.54) is 12.1 Å². The topological polar surface area (TPSA) is 0 Å². The molecule has 0 saturated carbocycles. The average molecular weight is 264 g/mol. The number of hydrogen-bond donors (Lipinski definition) is 0. The van der Waals surface area contributed by atoms with Crippen molar-refractivity contribution in [3.05, 3.63) is 47.5 Å². The van der Waals surface area contributed by atoms with Crippen molar-refractivity contribution in [2.75, 3.05) is 0 Å². The molecule has 0 aromatic heterocycles. The molecule has 0 fully saturated rings. The highest BCUT2D eigenvalue weighted by Gasteiger charge is 2.11. The molecule has 0 unspecified atom stereocenters. The van der Waals surface area contributed by atoms with Crippen molar-refractivity contribution in [2.45, 2.75) is 32.5 Å². The molecule has 0 nitrogen and oxygen atoms in total. The van der Waals surface area contributed by atoms with Crippen LogP contribution in [-0.4, -0.2) is 8.07 Å². The molecule has 96 valence electrons. The van der Waals surface area contributed by atoms with E-state index in [2.05, 4.69) is 18.0 Å². The molecule has 0 aliphatic rings. The second-order valence-electron chi connectivity index (χ2n) is 5.26. The number of aryl methyl sites for hydroxylation is 1. The van der Waals surface area contributed by atoms with E-state index in [1.807, 2.05) is 19.6 Å². The van der Waals surface area contributed by atoms with E-state index in [-0.39, 0.29) is 5.56 Å². The lowest BCUT2D eigenvalue weighted by Gasteiger charge is -2.05. The Hall–Kier alpha value is -1.40. The highest BCUT2D eigenvalue weighted by atomic mass is 28.3. The molecule has 0 aliphatic heterocycles. The zero-order chi connectivity index (χ0) is 13.8. The molecule has 1 aromatic rings. The van der Waals surface area contributed by atoms with Gasteiger partial charge in [-0.05, 0) is 30.5 Å². The predicted molar refractivity (Wildman–Crippen MR) is 75.1 cm³/mol. The number of allylic oxidation sites excluding steroid dienone is 1. The number of halogens is 2. The highest BCUT2D eigenvalue weighted by Crippen LogP contribution is 2.16. The summed E-state index contributed by atoms with van der Waals surface area (Å²) in [5.74, 6) is 1.51. The largest absolute Gasteiger partial charge is 0.206 e. The van der Waals surface area contributed by atoms with Crippen LogP contribution in [0, 0.1) is 23.1 Å². The fraction of sp³-hybridized carbons (Fsp3) is 0.333. The average Bonchev–Trinajstić information content (AvgIpc) is 2.23. The summed E-state index contributed by atoms with van der Waals surface area (Å²) < 4.78 is 27.5. The third kappa shape index (κ3) is 4.46. The Morgan fingerprint density at radius 1 is 1.22 bits per heavy atom. The maximum atomic E-state index is 13.8. The summed E-state index contributed by atoms with van der Waals surface area (Å²) in [6.07, 6.45) is 3.03. The molecule has 1 rings (SSSR count). The van der Waals surface area contributed by atoms with Gasteiger partial charge in [0.15, 0.2) is 0 Å². The Kier molecular flexibility index (Phi) is 4.86. The third-order valence-electron chi connectivity index (χ3n) is 2.30. The van der Waals surface area contributed by atoms with E-state index in [0.29, 0.717) is 18.4 Å². The van der Waals surface area contributed by atoms with Gasteiger partial charge in [-0.15, -0.1) is 12.1 Å². The van der Waals surface area contributed by atoms with Crippen LogP contribution >= 0.6 is 0 Å². The number of benzene rings is 1. The Morgan fingerprint density at radius 2 is 1.78 bits per heavy atom. The van der Waals surface area contributed by atoms with Crippen molar-refractivity contribution in [2.24, 2.45) is 0 Å². The van der Waals surface area contributed by atoms with Crippen LogP contribution in [0.5, 0.6) is 0 Å². The van der Waals surface area contributed by atoms with Gasteiger partial charge in [0.1, 0.15) is 19.7 Å². The minimum Gasteiger partial charge on any atom is -0.206 e. The third-order valence-corrected chi connectivity index (χ3v) is 3.18. The minimum absolute atomic E-state index is 0.111. The molecule has 0 saturated heterocycles.